The summed E-state index contributed by atoms with van der Waals surface area (Å²) in [6.07, 6.45) is 0. The van der Waals surface area contributed by atoms with Gasteiger partial charge in [0.2, 0.25) is 0 Å². The van der Waals surface area contributed by atoms with E-state index in [2.05, 4.69) is 15.9 Å². The molecule has 0 fully saturated rings. The van der Waals surface area contributed by atoms with Crippen molar-refractivity contribution in [2.24, 2.45) is 0 Å². The van der Waals surface area contributed by atoms with Crippen molar-refractivity contribution in [1.29, 1.82) is 5.26 Å². The Balaban J connectivity index is 3.45. The van der Waals surface area contributed by atoms with Crippen LogP contribution in [0.15, 0.2) is 18.2 Å². The lowest BCUT2D eigenvalue weighted by molar-refractivity contribution is 0.0695. The highest BCUT2D eigenvalue weighted by atomic mass is 79.9. The van der Waals surface area contributed by atoms with Crippen LogP contribution in [-0.2, 0) is 0 Å². The number of alkyl halides is 1. The van der Waals surface area contributed by atoms with Crippen LogP contribution in [0, 0.1) is 11.3 Å². The fraction of sp³-hybridized carbons (Fsp3) is 0.200. The molecule has 0 bridgehead atoms. The predicted molar refractivity (Wildman–Crippen MR) is 55.5 cm³/mol. The maximum Gasteiger partial charge on any atom is 0.336 e. The maximum absolute atomic E-state index is 10.9. The summed E-state index contributed by atoms with van der Waals surface area (Å²) in [4.78, 5) is 10.7. The van der Waals surface area contributed by atoms with Gasteiger partial charge in [0, 0.05) is 4.83 Å². The van der Waals surface area contributed by atoms with E-state index in [9.17, 15) is 4.79 Å². The molecule has 0 saturated heterocycles. The monoisotopic (exact) mass is 253 g/mol. The predicted octanol–water partition coefficient (Wildman–Crippen LogP) is 2.71. The summed E-state index contributed by atoms with van der Waals surface area (Å²) < 4.78 is 0. The zero-order chi connectivity index (χ0) is 10.7. The molecule has 0 aromatic heterocycles. The van der Waals surface area contributed by atoms with Gasteiger partial charge >= 0.3 is 5.97 Å². The molecule has 0 heterocycles. The van der Waals surface area contributed by atoms with Crippen LogP contribution in [0.25, 0.3) is 0 Å². The van der Waals surface area contributed by atoms with Gasteiger partial charge in [0.05, 0.1) is 17.2 Å². The lowest BCUT2D eigenvalue weighted by Crippen LogP contribution is -2.04. The molecule has 0 aliphatic carbocycles. The van der Waals surface area contributed by atoms with Crippen molar-refractivity contribution >= 4 is 21.9 Å². The van der Waals surface area contributed by atoms with E-state index in [1.165, 1.54) is 6.07 Å². The number of hydrogen-bond acceptors (Lipinski definition) is 2. The Morgan fingerprint density at radius 1 is 1.64 bits per heavy atom. The van der Waals surface area contributed by atoms with Crippen LogP contribution in [0.1, 0.15) is 33.2 Å². The van der Waals surface area contributed by atoms with Gasteiger partial charge in [-0.15, -0.1) is 0 Å². The van der Waals surface area contributed by atoms with Crippen LogP contribution in [0.4, 0.5) is 0 Å². The first-order valence-electron chi connectivity index (χ1n) is 3.98. The van der Waals surface area contributed by atoms with Crippen molar-refractivity contribution in [3.63, 3.8) is 0 Å². The normalized spacial score (nSPS) is 11.8. The molecule has 0 aliphatic heterocycles. The van der Waals surface area contributed by atoms with E-state index in [0.717, 1.165) is 0 Å². The molecule has 72 valence electrons. The molecule has 1 rings (SSSR count). The number of carboxylic acid groups (broad SMARTS) is 1. The van der Waals surface area contributed by atoms with Gasteiger partial charge in [-0.3, -0.25) is 0 Å². The van der Waals surface area contributed by atoms with Gasteiger partial charge in [-0.05, 0) is 24.6 Å². The standard InChI is InChI=1S/C10H8BrNO2/c1-6(11)9-7(5-12)3-2-4-8(9)10(13)14/h2-4,6H,1H3,(H,13,14). The van der Waals surface area contributed by atoms with E-state index in [0.29, 0.717) is 11.1 Å². The zero-order valence-corrected chi connectivity index (χ0v) is 9.08. The summed E-state index contributed by atoms with van der Waals surface area (Å²) >= 11 is 3.28. The molecule has 1 aromatic carbocycles. The summed E-state index contributed by atoms with van der Waals surface area (Å²) in [5.74, 6) is -1.01. The summed E-state index contributed by atoms with van der Waals surface area (Å²) in [5, 5.41) is 17.7. The summed E-state index contributed by atoms with van der Waals surface area (Å²) in [7, 11) is 0. The molecule has 1 unspecified atom stereocenters. The Hall–Kier alpha value is -1.34. The molecule has 4 heteroatoms. The molecule has 0 amide bonds. The first-order chi connectivity index (χ1) is 6.57. The molecule has 0 spiro atoms. The van der Waals surface area contributed by atoms with E-state index in [1.807, 2.05) is 6.07 Å². The van der Waals surface area contributed by atoms with E-state index in [-0.39, 0.29) is 10.4 Å². The third-order valence-electron chi connectivity index (χ3n) is 1.85. The Morgan fingerprint density at radius 2 is 2.29 bits per heavy atom. The number of aromatic carboxylic acids is 1. The highest BCUT2D eigenvalue weighted by Crippen LogP contribution is 2.28. The van der Waals surface area contributed by atoms with Crippen molar-refractivity contribution < 1.29 is 9.90 Å². The summed E-state index contributed by atoms with van der Waals surface area (Å²) in [5.41, 5.74) is 1.10. The van der Waals surface area contributed by atoms with Gasteiger partial charge in [-0.25, -0.2) is 4.79 Å². The highest BCUT2D eigenvalue weighted by molar-refractivity contribution is 9.09. The van der Waals surface area contributed by atoms with E-state index in [1.54, 1.807) is 19.1 Å². The second kappa shape index (κ2) is 4.25. The minimum absolute atomic E-state index is 0.149. The Bertz CT molecular complexity index is 407. The number of rotatable bonds is 2. The van der Waals surface area contributed by atoms with Crippen molar-refractivity contribution in [2.75, 3.05) is 0 Å². The molecular formula is C10H8BrNO2. The van der Waals surface area contributed by atoms with Gasteiger partial charge in [-0.1, -0.05) is 22.0 Å². The van der Waals surface area contributed by atoms with Gasteiger partial charge in [0.15, 0.2) is 0 Å². The second-order valence-electron chi connectivity index (χ2n) is 2.80. The van der Waals surface area contributed by atoms with Crippen LogP contribution in [0.2, 0.25) is 0 Å². The molecule has 0 radical (unpaired) electrons. The van der Waals surface area contributed by atoms with Crippen molar-refractivity contribution in [3.05, 3.63) is 34.9 Å². The largest absolute Gasteiger partial charge is 0.478 e. The smallest absolute Gasteiger partial charge is 0.336 e. The third kappa shape index (κ3) is 1.94. The molecule has 0 saturated carbocycles. The van der Waals surface area contributed by atoms with Gasteiger partial charge in [0.1, 0.15) is 0 Å². The summed E-state index contributed by atoms with van der Waals surface area (Å²) in [6, 6.07) is 6.66. The van der Waals surface area contributed by atoms with E-state index in [4.69, 9.17) is 10.4 Å². The molecule has 1 atom stereocenters. The van der Waals surface area contributed by atoms with Crippen LogP contribution >= 0.6 is 15.9 Å². The fourth-order valence-electron chi connectivity index (χ4n) is 1.28. The number of halogens is 1. The van der Waals surface area contributed by atoms with Crippen LogP contribution in [0.3, 0.4) is 0 Å². The minimum atomic E-state index is -1.01. The first-order valence-corrected chi connectivity index (χ1v) is 4.90. The average molecular weight is 254 g/mol. The van der Waals surface area contributed by atoms with E-state index >= 15 is 0 Å². The van der Waals surface area contributed by atoms with Crippen molar-refractivity contribution in [1.82, 2.24) is 0 Å². The SMILES string of the molecule is CC(Br)c1c(C#N)cccc1C(=O)O. The average Bonchev–Trinajstić information content (AvgIpc) is 2.16. The lowest BCUT2D eigenvalue weighted by atomic mass is 9.99. The number of hydrogen-bond donors (Lipinski definition) is 1. The highest BCUT2D eigenvalue weighted by Gasteiger charge is 2.17. The Morgan fingerprint density at radius 3 is 2.71 bits per heavy atom. The summed E-state index contributed by atoms with van der Waals surface area (Å²) in [6.45, 7) is 1.79. The van der Waals surface area contributed by atoms with Gasteiger partial charge in [-0.2, -0.15) is 5.26 Å². The maximum atomic E-state index is 10.9. The van der Waals surface area contributed by atoms with Crippen LogP contribution in [-0.4, -0.2) is 11.1 Å². The molecule has 14 heavy (non-hydrogen) atoms. The number of nitrogens with zero attached hydrogens (tertiary/aromatic N) is 1. The van der Waals surface area contributed by atoms with Crippen LogP contribution < -0.4 is 0 Å². The van der Waals surface area contributed by atoms with Gasteiger partial charge in [0.25, 0.3) is 0 Å². The topological polar surface area (TPSA) is 61.1 Å². The van der Waals surface area contributed by atoms with Crippen molar-refractivity contribution in [3.8, 4) is 6.07 Å². The number of carboxylic acids is 1. The molecule has 1 N–H and O–H groups in total. The Kier molecular flexibility index (Phi) is 3.26. The van der Waals surface area contributed by atoms with Crippen molar-refractivity contribution in [2.45, 2.75) is 11.8 Å². The zero-order valence-electron chi connectivity index (χ0n) is 7.49. The van der Waals surface area contributed by atoms with Gasteiger partial charge < -0.3 is 5.11 Å². The number of benzene rings is 1. The lowest BCUT2D eigenvalue weighted by Gasteiger charge is -2.09. The number of nitriles is 1. The second-order valence-corrected chi connectivity index (χ2v) is 4.17. The molecule has 3 nitrogen and oxygen atoms in total. The van der Waals surface area contributed by atoms with E-state index < -0.39 is 5.97 Å². The third-order valence-corrected chi connectivity index (χ3v) is 2.31. The molecule has 0 aliphatic rings. The molecular weight excluding hydrogens is 246 g/mol. The Labute approximate surface area is 90.1 Å². The first kappa shape index (κ1) is 10.7. The molecule has 1 aromatic rings. The minimum Gasteiger partial charge on any atom is -0.478 e. The fourth-order valence-corrected chi connectivity index (χ4v) is 1.77. The quantitative estimate of drug-likeness (QED) is 0.825. The van der Waals surface area contributed by atoms with Crippen LogP contribution in [0.5, 0.6) is 0 Å². The number of carbonyl (C=O) groups is 1.